The molecule has 0 spiro atoms. The van der Waals surface area contributed by atoms with E-state index in [1.54, 1.807) is 11.0 Å². The Kier molecular flexibility index (Phi) is 4.80. The third-order valence-corrected chi connectivity index (χ3v) is 3.68. The zero-order chi connectivity index (χ0) is 16.5. The van der Waals surface area contributed by atoms with Gasteiger partial charge in [0.1, 0.15) is 10.8 Å². The van der Waals surface area contributed by atoms with Crippen molar-refractivity contribution in [2.24, 2.45) is 0 Å². The maximum atomic E-state index is 12.1. The van der Waals surface area contributed by atoms with Crippen molar-refractivity contribution in [2.45, 2.75) is 45.8 Å². The molecule has 6 nitrogen and oxygen atoms in total. The van der Waals surface area contributed by atoms with Crippen molar-refractivity contribution < 1.29 is 9.53 Å². The Hall–Kier alpha value is -1.56. The second-order valence-corrected chi connectivity index (χ2v) is 7.00. The number of halogens is 1. The van der Waals surface area contributed by atoms with Crippen molar-refractivity contribution >= 4 is 23.6 Å². The Morgan fingerprint density at radius 2 is 2.14 bits per heavy atom. The van der Waals surface area contributed by atoms with Gasteiger partial charge in [-0.25, -0.2) is 14.8 Å². The summed E-state index contributed by atoms with van der Waals surface area (Å²) >= 11 is 5.99. The topological polar surface area (TPSA) is 58.6 Å². The molecule has 0 aliphatic carbocycles. The molecule has 0 aromatic carbocycles. The lowest BCUT2D eigenvalue weighted by Gasteiger charge is -2.26. The summed E-state index contributed by atoms with van der Waals surface area (Å²) in [5.41, 5.74) is 0.345. The first kappa shape index (κ1) is 16.8. The number of ether oxygens (including phenoxy) is 1. The van der Waals surface area contributed by atoms with Crippen LogP contribution in [0.3, 0.4) is 0 Å². The van der Waals surface area contributed by atoms with Gasteiger partial charge in [0.2, 0.25) is 5.95 Å². The van der Waals surface area contributed by atoms with E-state index in [9.17, 15) is 4.79 Å². The van der Waals surface area contributed by atoms with Crippen molar-refractivity contribution in [2.75, 3.05) is 25.0 Å². The van der Waals surface area contributed by atoms with Crippen molar-refractivity contribution in [1.82, 2.24) is 14.9 Å². The van der Waals surface area contributed by atoms with Gasteiger partial charge in [0.05, 0.1) is 6.04 Å². The Labute approximate surface area is 136 Å². The molecule has 1 aliphatic heterocycles. The lowest BCUT2D eigenvalue weighted by molar-refractivity contribution is 0.0292. The molecule has 1 amide bonds. The molecule has 1 atom stereocenters. The fourth-order valence-electron chi connectivity index (χ4n) is 2.39. The minimum Gasteiger partial charge on any atom is -0.444 e. The molecule has 1 aliphatic rings. The first-order valence-corrected chi connectivity index (χ1v) is 7.75. The van der Waals surface area contributed by atoms with Gasteiger partial charge in [0.15, 0.2) is 0 Å². The van der Waals surface area contributed by atoms with Crippen LogP contribution in [-0.4, -0.2) is 52.7 Å². The maximum absolute atomic E-state index is 12.1. The number of anilines is 1. The standard InChI is InChI=1S/C15H23ClN4O2/c1-10-8-12(16)18-13(17-10)19(5)11-6-7-20(9-11)14(21)22-15(2,3)4/h8,11H,6-7,9H2,1-5H3/t11-/m0/s1. The highest BCUT2D eigenvalue weighted by atomic mass is 35.5. The summed E-state index contributed by atoms with van der Waals surface area (Å²) in [5.74, 6) is 0.584. The van der Waals surface area contributed by atoms with E-state index < -0.39 is 5.60 Å². The Morgan fingerprint density at radius 1 is 1.45 bits per heavy atom. The van der Waals surface area contributed by atoms with E-state index in [-0.39, 0.29) is 12.1 Å². The van der Waals surface area contributed by atoms with E-state index >= 15 is 0 Å². The van der Waals surface area contributed by atoms with Crippen LogP contribution in [-0.2, 0) is 4.74 Å². The third-order valence-electron chi connectivity index (χ3n) is 3.49. The summed E-state index contributed by atoms with van der Waals surface area (Å²) in [7, 11) is 1.92. The van der Waals surface area contributed by atoms with Crippen LogP contribution in [0.25, 0.3) is 0 Å². The van der Waals surface area contributed by atoms with E-state index in [1.807, 2.05) is 39.6 Å². The van der Waals surface area contributed by atoms with E-state index in [4.69, 9.17) is 16.3 Å². The Bertz CT molecular complexity index is 539. The zero-order valence-electron chi connectivity index (χ0n) is 13.8. The summed E-state index contributed by atoms with van der Waals surface area (Å²) in [6.45, 7) is 8.75. The molecular formula is C15H23ClN4O2. The highest BCUT2D eigenvalue weighted by Crippen LogP contribution is 2.22. The first-order chi connectivity index (χ1) is 10.2. The summed E-state index contributed by atoms with van der Waals surface area (Å²) in [6.07, 6.45) is 0.580. The maximum Gasteiger partial charge on any atom is 0.410 e. The smallest absolute Gasteiger partial charge is 0.410 e. The SMILES string of the molecule is Cc1cc(Cl)nc(N(C)[C@H]2CCN(C(=O)OC(C)(C)C)C2)n1. The quantitative estimate of drug-likeness (QED) is 0.782. The lowest BCUT2D eigenvalue weighted by Crippen LogP contribution is -2.39. The van der Waals surface area contributed by atoms with E-state index in [2.05, 4.69) is 9.97 Å². The number of hydrogen-bond donors (Lipinski definition) is 0. The predicted octanol–water partition coefficient (Wildman–Crippen LogP) is 2.88. The van der Waals surface area contributed by atoms with Gasteiger partial charge < -0.3 is 14.5 Å². The average molecular weight is 327 g/mol. The molecule has 1 saturated heterocycles. The van der Waals surface area contributed by atoms with Crippen LogP contribution in [0, 0.1) is 6.92 Å². The molecule has 0 bridgehead atoms. The number of rotatable bonds is 2. The molecule has 2 heterocycles. The highest BCUT2D eigenvalue weighted by molar-refractivity contribution is 6.29. The second kappa shape index (κ2) is 6.28. The normalized spacial score (nSPS) is 18.5. The number of likely N-dealkylation sites (tertiary alicyclic amines) is 1. The van der Waals surface area contributed by atoms with Gasteiger partial charge in [-0.15, -0.1) is 0 Å². The second-order valence-electron chi connectivity index (χ2n) is 6.61. The lowest BCUT2D eigenvalue weighted by atomic mass is 10.2. The first-order valence-electron chi connectivity index (χ1n) is 7.37. The van der Waals surface area contributed by atoms with E-state index in [0.717, 1.165) is 12.1 Å². The number of hydrogen-bond acceptors (Lipinski definition) is 5. The number of carbonyl (C=O) groups is 1. The van der Waals surface area contributed by atoms with Gasteiger partial charge in [-0.05, 0) is 40.2 Å². The molecule has 0 saturated carbocycles. The monoisotopic (exact) mass is 326 g/mol. The number of amides is 1. The van der Waals surface area contributed by atoms with Crippen LogP contribution in [0.1, 0.15) is 32.9 Å². The zero-order valence-corrected chi connectivity index (χ0v) is 14.5. The van der Waals surface area contributed by atoms with Crippen molar-refractivity contribution in [3.8, 4) is 0 Å². The van der Waals surface area contributed by atoms with Crippen LogP contribution in [0.4, 0.5) is 10.7 Å². The minimum absolute atomic E-state index is 0.158. The number of nitrogens with zero attached hydrogens (tertiary/aromatic N) is 4. The molecule has 7 heteroatoms. The number of aromatic nitrogens is 2. The molecular weight excluding hydrogens is 304 g/mol. The van der Waals surface area contributed by atoms with E-state index in [0.29, 0.717) is 24.2 Å². The van der Waals surface area contributed by atoms with Crippen LogP contribution in [0.5, 0.6) is 0 Å². The predicted molar refractivity (Wildman–Crippen MR) is 86.4 cm³/mol. The molecule has 1 aromatic heterocycles. The number of aryl methyl sites for hydroxylation is 1. The molecule has 1 fully saturated rings. The van der Waals surface area contributed by atoms with Crippen LogP contribution in [0.15, 0.2) is 6.07 Å². The average Bonchev–Trinajstić information content (AvgIpc) is 2.84. The van der Waals surface area contributed by atoms with Crippen molar-refractivity contribution in [3.05, 3.63) is 16.9 Å². The molecule has 122 valence electrons. The van der Waals surface area contributed by atoms with Gasteiger partial charge in [-0.3, -0.25) is 0 Å². The molecule has 0 radical (unpaired) electrons. The third kappa shape index (κ3) is 4.22. The molecule has 1 aromatic rings. The van der Waals surface area contributed by atoms with Gasteiger partial charge in [0.25, 0.3) is 0 Å². The Morgan fingerprint density at radius 3 is 2.73 bits per heavy atom. The van der Waals surface area contributed by atoms with Crippen LogP contribution >= 0.6 is 11.6 Å². The van der Waals surface area contributed by atoms with E-state index in [1.165, 1.54) is 0 Å². The number of carbonyl (C=O) groups excluding carboxylic acids is 1. The summed E-state index contributed by atoms with van der Waals surface area (Å²) < 4.78 is 5.41. The van der Waals surface area contributed by atoms with Gasteiger partial charge in [-0.1, -0.05) is 11.6 Å². The number of likely N-dealkylation sites (N-methyl/N-ethyl adjacent to an activating group) is 1. The largest absolute Gasteiger partial charge is 0.444 e. The van der Waals surface area contributed by atoms with Crippen molar-refractivity contribution in [1.29, 1.82) is 0 Å². The van der Waals surface area contributed by atoms with Gasteiger partial charge >= 0.3 is 6.09 Å². The minimum atomic E-state index is -0.478. The van der Waals surface area contributed by atoms with Crippen LogP contribution < -0.4 is 4.90 Å². The molecule has 0 N–H and O–H groups in total. The summed E-state index contributed by atoms with van der Waals surface area (Å²) in [4.78, 5) is 24.5. The highest BCUT2D eigenvalue weighted by Gasteiger charge is 2.32. The fourth-order valence-corrected chi connectivity index (χ4v) is 2.62. The fraction of sp³-hybridized carbons (Fsp3) is 0.667. The van der Waals surface area contributed by atoms with Gasteiger partial charge in [-0.2, -0.15) is 0 Å². The van der Waals surface area contributed by atoms with Crippen molar-refractivity contribution in [3.63, 3.8) is 0 Å². The molecule has 0 unspecified atom stereocenters. The van der Waals surface area contributed by atoms with Crippen LogP contribution in [0.2, 0.25) is 5.15 Å². The van der Waals surface area contributed by atoms with Gasteiger partial charge in [0, 0.05) is 25.8 Å². The molecule has 22 heavy (non-hydrogen) atoms. The molecule has 2 rings (SSSR count). The Balaban J connectivity index is 2.02. The summed E-state index contributed by atoms with van der Waals surface area (Å²) in [5, 5.41) is 0.427. The summed E-state index contributed by atoms with van der Waals surface area (Å²) in [6, 6.07) is 1.88.